The molecule has 1 unspecified atom stereocenters. The molecule has 0 saturated heterocycles. The van der Waals surface area contributed by atoms with E-state index in [1.54, 1.807) is 7.11 Å². The Kier molecular flexibility index (Phi) is 8.23. The van der Waals surface area contributed by atoms with Gasteiger partial charge < -0.3 is 14.8 Å². The second kappa shape index (κ2) is 9.68. The van der Waals surface area contributed by atoms with Crippen molar-refractivity contribution in [3.63, 3.8) is 0 Å². The average Bonchev–Trinajstić information content (AvgIpc) is 2.52. The summed E-state index contributed by atoms with van der Waals surface area (Å²) < 4.78 is 10.0. The molecule has 1 atom stereocenters. The number of ether oxygens (including phenoxy) is 2. The van der Waals surface area contributed by atoms with Crippen LogP contribution in [0, 0.1) is 0 Å². The van der Waals surface area contributed by atoms with Crippen LogP contribution in [-0.4, -0.2) is 32.5 Å². The second-order valence-electron chi connectivity index (χ2n) is 4.82. The molecule has 1 rings (SSSR count). The van der Waals surface area contributed by atoms with Crippen molar-refractivity contribution in [3.05, 3.63) is 29.3 Å². The van der Waals surface area contributed by atoms with E-state index < -0.39 is 0 Å². The molecule has 118 valence electrons. The van der Waals surface area contributed by atoms with Crippen molar-refractivity contribution in [1.82, 2.24) is 5.32 Å². The van der Waals surface area contributed by atoms with Gasteiger partial charge in [-0.1, -0.05) is 13.0 Å². The molecule has 5 heteroatoms. The average molecular weight is 311 g/mol. The molecule has 0 saturated carbocycles. The largest absolute Gasteiger partial charge is 0.496 e. The Morgan fingerprint density at radius 3 is 2.76 bits per heavy atom. The Hall–Kier alpha value is -1.20. The summed E-state index contributed by atoms with van der Waals surface area (Å²) >= 11 is 1.53. The fourth-order valence-electron chi connectivity index (χ4n) is 1.96. The zero-order valence-corrected chi connectivity index (χ0v) is 14.1. The molecule has 0 bridgehead atoms. The molecular weight excluding hydrogens is 286 g/mol. The summed E-state index contributed by atoms with van der Waals surface area (Å²) in [6, 6.07) is 6.53. The Morgan fingerprint density at radius 1 is 1.38 bits per heavy atom. The normalized spacial score (nSPS) is 12.0. The summed E-state index contributed by atoms with van der Waals surface area (Å²) in [5.74, 6) is 1.74. The molecule has 0 aromatic heterocycles. The lowest BCUT2D eigenvalue weighted by molar-refractivity contribution is -0.137. The summed E-state index contributed by atoms with van der Waals surface area (Å²) in [6.45, 7) is 5.31. The van der Waals surface area contributed by atoms with Crippen LogP contribution in [0.3, 0.4) is 0 Å². The van der Waals surface area contributed by atoms with Crippen LogP contribution in [-0.2, 0) is 15.3 Å². The Balaban J connectivity index is 2.73. The van der Waals surface area contributed by atoms with Crippen LogP contribution in [0.2, 0.25) is 0 Å². The summed E-state index contributed by atoms with van der Waals surface area (Å²) in [4.78, 5) is 11.2. The number of carbonyl (C=O) groups is 1. The van der Waals surface area contributed by atoms with E-state index >= 15 is 0 Å². The molecule has 21 heavy (non-hydrogen) atoms. The number of nitrogens with one attached hydrogen (secondary N) is 1. The van der Waals surface area contributed by atoms with Crippen molar-refractivity contribution >= 4 is 17.7 Å². The van der Waals surface area contributed by atoms with Gasteiger partial charge in [0.15, 0.2) is 0 Å². The lowest BCUT2D eigenvalue weighted by atomic mass is 10.0. The second-order valence-corrected chi connectivity index (χ2v) is 5.80. The third kappa shape index (κ3) is 5.98. The van der Waals surface area contributed by atoms with Gasteiger partial charge in [-0.05, 0) is 37.6 Å². The molecule has 1 aromatic carbocycles. The Bertz CT molecular complexity index is 451. The molecule has 1 N–H and O–H groups in total. The van der Waals surface area contributed by atoms with Gasteiger partial charge in [-0.2, -0.15) is 0 Å². The lowest BCUT2D eigenvalue weighted by Gasteiger charge is -2.16. The van der Waals surface area contributed by atoms with Gasteiger partial charge in [0.2, 0.25) is 0 Å². The summed E-state index contributed by atoms with van der Waals surface area (Å²) in [6.07, 6.45) is 1.11. The van der Waals surface area contributed by atoms with Gasteiger partial charge >= 0.3 is 5.97 Å². The first-order chi connectivity index (χ1) is 10.1. The summed E-state index contributed by atoms with van der Waals surface area (Å²) in [5.41, 5.74) is 2.34. The number of benzene rings is 1. The number of carbonyl (C=O) groups excluding carboxylic acids is 1. The molecule has 0 spiro atoms. The van der Waals surface area contributed by atoms with Gasteiger partial charge in [0.1, 0.15) is 5.75 Å². The standard InChI is InChI=1S/C16H25NO3S/c1-5-8-17-12(2)13-6-7-15(19-3)14(9-13)10-21-11-16(18)20-4/h6-7,9,12,17H,5,8,10-11H2,1-4H3. The molecule has 0 heterocycles. The number of thioether (sulfide) groups is 1. The van der Waals surface area contributed by atoms with E-state index in [4.69, 9.17) is 4.74 Å². The maximum atomic E-state index is 11.2. The zero-order valence-electron chi connectivity index (χ0n) is 13.3. The first-order valence-corrected chi connectivity index (χ1v) is 8.32. The number of hydrogen-bond donors (Lipinski definition) is 1. The molecule has 1 aromatic rings. The fraction of sp³-hybridized carbons (Fsp3) is 0.562. The van der Waals surface area contributed by atoms with Gasteiger partial charge in [-0.25, -0.2) is 0 Å². The predicted octanol–water partition coefficient (Wildman–Crippen LogP) is 3.16. The van der Waals surface area contributed by atoms with Crippen LogP contribution in [0.25, 0.3) is 0 Å². The van der Waals surface area contributed by atoms with Crippen molar-refractivity contribution in [1.29, 1.82) is 0 Å². The molecule has 0 aliphatic carbocycles. The van der Waals surface area contributed by atoms with Crippen molar-refractivity contribution in [2.45, 2.75) is 32.1 Å². The first kappa shape index (κ1) is 17.9. The number of rotatable bonds is 9. The smallest absolute Gasteiger partial charge is 0.315 e. The van der Waals surface area contributed by atoms with Crippen molar-refractivity contribution in [3.8, 4) is 5.75 Å². The van der Waals surface area contributed by atoms with Crippen LogP contribution < -0.4 is 10.1 Å². The minimum atomic E-state index is -0.201. The van der Waals surface area contributed by atoms with Gasteiger partial charge in [0.25, 0.3) is 0 Å². The van der Waals surface area contributed by atoms with E-state index in [0.717, 1.165) is 30.0 Å². The summed E-state index contributed by atoms with van der Waals surface area (Å²) in [7, 11) is 3.08. The van der Waals surface area contributed by atoms with Crippen molar-refractivity contribution < 1.29 is 14.3 Å². The highest BCUT2D eigenvalue weighted by atomic mass is 32.2. The van der Waals surface area contributed by atoms with E-state index in [2.05, 4.69) is 36.0 Å². The molecule has 0 fully saturated rings. The van der Waals surface area contributed by atoms with Gasteiger partial charge in [0, 0.05) is 17.4 Å². The van der Waals surface area contributed by atoms with Gasteiger partial charge in [0.05, 0.1) is 20.0 Å². The maximum absolute atomic E-state index is 11.2. The molecule has 4 nitrogen and oxygen atoms in total. The fourth-order valence-corrected chi connectivity index (χ4v) is 2.79. The highest BCUT2D eigenvalue weighted by Gasteiger charge is 2.10. The van der Waals surface area contributed by atoms with Crippen LogP contribution in [0.4, 0.5) is 0 Å². The summed E-state index contributed by atoms with van der Waals surface area (Å²) in [5, 5.41) is 3.47. The highest BCUT2D eigenvalue weighted by Crippen LogP contribution is 2.27. The Morgan fingerprint density at radius 2 is 2.14 bits per heavy atom. The molecule has 0 aliphatic rings. The highest BCUT2D eigenvalue weighted by molar-refractivity contribution is 7.99. The Labute approximate surface area is 131 Å². The quantitative estimate of drug-likeness (QED) is 0.710. The SMILES string of the molecule is CCCNC(C)c1ccc(OC)c(CSCC(=O)OC)c1. The topological polar surface area (TPSA) is 47.6 Å². The maximum Gasteiger partial charge on any atom is 0.315 e. The van der Waals surface area contributed by atoms with E-state index in [0.29, 0.717) is 11.8 Å². The van der Waals surface area contributed by atoms with Gasteiger partial charge in [-0.15, -0.1) is 11.8 Å². The molecular formula is C16H25NO3S. The van der Waals surface area contributed by atoms with E-state index in [1.807, 2.05) is 6.07 Å². The number of hydrogen-bond acceptors (Lipinski definition) is 5. The van der Waals surface area contributed by atoms with E-state index in [1.165, 1.54) is 24.4 Å². The minimum Gasteiger partial charge on any atom is -0.496 e. The van der Waals surface area contributed by atoms with Crippen LogP contribution in [0.1, 0.15) is 37.4 Å². The molecule has 0 aliphatic heterocycles. The van der Waals surface area contributed by atoms with Crippen molar-refractivity contribution in [2.24, 2.45) is 0 Å². The lowest BCUT2D eigenvalue weighted by Crippen LogP contribution is -2.19. The van der Waals surface area contributed by atoms with Gasteiger partial charge in [-0.3, -0.25) is 4.79 Å². The third-order valence-electron chi connectivity index (χ3n) is 3.21. The first-order valence-electron chi connectivity index (χ1n) is 7.17. The van der Waals surface area contributed by atoms with Crippen LogP contribution in [0.15, 0.2) is 18.2 Å². The third-order valence-corrected chi connectivity index (χ3v) is 4.17. The van der Waals surface area contributed by atoms with Crippen molar-refractivity contribution in [2.75, 3.05) is 26.5 Å². The van der Waals surface area contributed by atoms with Crippen LogP contribution >= 0.6 is 11.8 Å². The molecule has 0 radical (unpaired) electrons. The van der Waals surface area contributed by atoms with E-state index in [-0.39, 0.29) is 5.97 Å². The predicted molar refractivity (Wildman–Crippen MR) is 87.9 cm³/mol. The number of esters is 1. The van der Waals surface area contributed by atoms with E-state index in [9.17, 15) is 4.79 Å². The monoisotopic (exact) mass is 311 g/mol. The zero-order chi connectivity index (χ0) is 15.7. The van der Waals surface area contributed by atoms with Crippen LogP contribution in [0.5, 0.6) is 5.75 Å². The number of methoxy groups -OCH3 is 2. The minimum absolute atomic E-state index is 0.201. The molecule has 0 amide bonds.